The number of ether oxygens (including phenoxy) is 2. The molecule has 4 aliphatic rings. The number of benzene rings is 1. The zero-order valence-corrected chi connectivity index (χ0v) is 24.4. The Balaban J connectivity index is 1.33. The van der Waals surface area contributed by atoms with E-state index >= 15 is 0 Å². The molecule has 0 radical (unpaired) electrons. The highest BCUT2D eigenvalue weighted by Crippen LogP contribution is 2.39. The van der Waals surface area contributed by atoms with E-state index in [-0.39, 0.29) is 68.1 Å². The average molecular weight is 623 g/mol. The van der Waals surface area contributed by atoms with E-state index in [1.54, 1.807) is 4.90 Å². The molecular formula is C30H34F4N4O6. The molecule has 0 N–H and O–H groups in total. The lowest BCUT2D eigenvalue weighted by atomic mass is 9.76. The molecule has 5 rings (SSSR count). The van der Waals surface area contributed by atoms with Crippen molar-refractivity contribution in [3.63, 3.8) is 0 Å². The number of carbonyl (C=O) groups excluding carboxylic acids is 4. The third-order valence-electron chi connectivity index (χ3n) is 8.53. The van der Waals surface area contributed by atoms with Crippen LogP contribution < -0.4 is 9.47 Å². The largest absolute Gasteiger partial charge is 0.431 e. The van der Waals surface area contributed by atoms with Crippen LogP contribution in [0.4, 0.5) is 17.6 Å². The number of allylic oxidation sites excluding steroid dienone is 2. The minimum atomic E-state index is -3.28. The molecule has 3 aliphatic heterocycles. The lowest BCUT2D eigenvalue weighted by molar-refractivity contribution is -0.157. The fourth-order valence-electron chi connectivity index (χ4n) is 6.36. The number of nitrogens with zero attached hydrogens (tertiary/aromatic N) is 4. The lowest BCUT2D eigenvalue weighted by Gasteiger charge is -2.43. The third-order valence-corrected chi connectivity index (χ3v) is 8.53. The molecule has 0 bridgehead atoms. The summed E-state index contributed by atoms with van der Waals surface area (Å²) in [5, 5.41) is 6.08. The molecule has 4 amide bonds. The van der Waals surface area contributed by atoms with Gasteiger partial charge in [-0.1, -0.05) is 26.0 Å². The summed E-state index contributed by atoms with van der Waals surface area (Å²) in [7, 11) is 0. The van der Waals surface area contributed by atoms with Crippen molar-refractivity contribution < 1.29 is 46.2 Å². The van der Waals surface area contributed by atoms with Crippen LogP contribution in [0.25, 0.3) is 0 Å². The zero-order valence-electron chi connectivity index (χ0n) is 24.4. The molecule has 238 valence electrons. The van der Waals surface area contributed by atoms with Crippen molar-refractivity contribution in [1.29, 1.82) is 0 Å². The van der Waals surface area contributed by atoms with E-state index < -0.39 is 36.1 Å². The van der Waals surface area contributed by atoms with Gasteiger partial charge in [0.2, 0.25) is 23.6 Å². The highest BCUT2D eigenvalue weighted by molar-refractivity contribution is 6.07. The Morgan fingerprint density at radius 3 is 2.14 bits per heavy atom. The number of halogens is 4. The normalized spacial score (nSPS) is 24.1. The number of piperidine rings is 2. The SMILES string of the molecule is CC1(C)CC(=O)N(CC(=O)N2CCC(N3N=C(c4ccc(OC(F)F)c(OC(F)F)c4)[C@H]4CC=CC[C@H]4C3=O)CC2)C(=O)C1. The topological polar surface area (TPSA) is 109 Å². The summed E-state index contributed by atoms with van der Waals surface area (Å²) in [6.45, 7) is -2.64. The summed E-state index contributed by atoms with van der Waals surface area (Å²) in [5.41, 5.74) is 0.320. The number of hydrogen-bond donors (Lipinski definition) is 0. The van der Waals surface area contributed by atoms with Crippen LogP contribution in [-0.2, 0) is 19.2 Å². The van der Waals surface area contributed by atoms with E-state index in [0.29, 0.717) is 37.0 Å². The van der Waals surface area contributed by atoms with Gasteiger partial charge in [0.15, 0.2) is 11.5 Å². The molecule has 2 atom stereocenters. The fourth-order valence-corrected chi connectivity index (χ4v) is 6.36. The molecule has 14 heteroatoms. The quantitative estimate of drug-likeness (QED) is 0.245. The van der Waals surface area contributed by atoms with Crippen molar-refractivity contribution in [3.8, 4) is 11.5 Å². The van der Waals surface area contributed by atoms with Crippen molar-refractivity contribution in [2.75, 3.05) is 19.6 Å². The molecule has 1 aromatic carbocycles. The van der Waals surface area contributed by atoms with Crippen LogP contribution in [0.2, 0.25) is 0 Å². The second-order valence-corrected chi connectivity index (χ2v) is 12.2. The summed E-state index contributed by atoms with van der Waals surface area (Å²) >= 11 is 0. The van der Waals surface area contributed by atoms with Gasteiger partial charge in [0.25, 0.3) is 0 Å². The van der Waals surface area contributed by atoms with Crippen molar-refractivity contribution in [2.24, 2.45) is 22.4 Å². The number of hydrogen-bond acceptors (Lipinski definition) is 7. The van der Waals surface area contributed by atoms with Gasteiger partial charge in [0, 0.05) is 37.4 Å². The Labute approximate surface area is 251 Å². The van der Waals surface area contributed by atoms with Gasteiger partial charge in [-0.2, -0.15) is 22.7 Å². The second-order valence-electron chi connectivity index (χ2n) is 12.2. The Kier molecular flexibility index (Phi) is 8.98. The molecule has 10 nitrogen and oxygen atoms in total. The van der Waals surface area contributed by atoms with Gasteiger partial charge in [0.05, 0.1) is 17.7 Å². The second kappa shape index (κ2) is 12.6. The van der Waals surface area contributed by atoms with Crippen LogP contribution in [0.15, 0.2) is 35.5 Å². The lowest BCUT2D eigenvalue weighted by Crippen LogP contribution is -2.55. The molecule has 0 saturated carbocycles. The number of carbonyl (C=O) groups is 4. The van der Waals surface area contributed by atoms with Crippen LogP contribution in [0.3, 0.4) is 0 Å². The predicted octanol–water partition coefficient (Wildman–Crippen LogP) is 4.18. The van der Waals surface area contributed by atoms with Crippen molar-refractivity contribution in [1.82, 2.24) is 14.8 Å². The molecule has 0 unspecified atom stereocenters. The first-order valence-electron chi connectivity index (χ1n) is 14.5. The Morgan fingerprint density at radius 2 is 1.52 bits per heavy atom. The highest BCUT2D eigenvalue weighted by atomic mass is 19.3. The maximum Gasteiger partial charge on any atom is 0.387 e. The van der Waals surface area contributed by atoms with Crippen LogP contribution in [-0.4, -0.2) is 83.0 Å². The molecule has 1 aromatic rings. The minimum Gasteiger partial charge on any atom is -0.431 e. The van der Waals surface area contributed by atoms with Crippen molar-refractivity contribution in [2.45, 2.75) is 71.6 Å². The van der Waals surface area contributed by atoms with Gasteiger partial charge >= 0.3 is 13.2 Å². The monoisotopic (exact) mass is 622 g/mol. The van der Waals surface area contributed by atoms with Gasteiger partial charge in [0.1, 0.15) is 6.54 Å². The smallest absolute Gasteiger partial charge is 0.387 e. The maximum atomic E-state index is 13.6. The molecular weight excluding hydrogens is 588 g/mol. The van der Waals surface area contributed by atoms with Crippen LogP contribution in [0, 0.1) is 17.3 Å². The minimum absolute atomic E-state index is 0.181. The summed E-state index contributed by atoms with van der Waals surface area (Å²) in [6, 6.07) is 3.33. The molecule has 44 heavy (non-hydrogen) atoms. The molecule has 3 heterocycles. The standard InChI is InChI=1S/C30H34F4N4O6/c1-30(2)14-23(39)37(24(40)15-30)16-25(41)36-11-9-18(10-12-36)38-27(42)20-6-4-3-5-19(20)26(35-38)17-7-8-21(43-28(31)32)22(13-17)44-29(33)34/h3-4,7-8,13,18-20,28-29H,5-6,9-12,14-16H2,1-2H3/t19-,20+/m0/s1. The number of fused-ring (bicyclic) bond motifs is 1. The van der Waals surface area contributed by atoms with Gasteiger partial charge in [-0.05, 0) is 49.3 Å². The molecule has 0 spiro atoms. The Bertz CT molecular complexity index is 1350. The van der Waals surface area contributed by atoms with Gasteiger partial charge in [-0.25, -0.2) is 5.01 Å². The summed E-state index contributed by atoms with van der Waals surface area (Å²) in [6.07, 6.45) is 5.86. The first kappa shape index (κ1) is 31.5. The van der Waals surface area contributed by atoms with Gasteiger partial charge < -0.3 is 14.4 Å². The summed E-state index contributed by atoms with van der Waals surface area (Å²) in [4.78, 5) is 54.3. The van der Waals surface area contributed by atoms with Gasteiger partial charge in [-0.15, -0.1) is 0 Å². The van der Waals surface area contributed by atoms with Crippen molar-refractivity contribution in [3.05, 3.63) is 35.9 Å². The van der Waals surface area contributed by atoms with Crippen molar-refractivity contribution >= 4 is 29.3 Å². The number of amides is 4. The number of likely N-dealkylation sites (tertiary alicyclic amines) is 2. The summed E-state index contributed by atoms with van der Waals surface area (Å²) < 4.78 is 60.8. The van der Waals surface area contributed by atoms with Gasteiger partial charge in [-0.3, -0.25) is 24.1 Å². The predicted molar refractivity (Wildman–Crippen MR) is 148 cm³/mol. The van der Waals surface area contributed by atoms with Crippen LogP contribution >= 0.6 is 0 Å². The zero-order chi connectivity index (χ0) is 31.8. The number of hydrazone groups is 1. The first-order valence-corrected chi connectivity index (χ1v) is 14.5. The van der Waals surface area contributed by atoms with E-state index in [9.17, 15) is 36.7 Å². The van der Waals surface area contributed by atoms with E-state index in [0.717, 1.165) is 17.0 Å². The Hall–Kier alpha value is -3.97. The molecule has 0 aromatic heterocycles. The number of alkyl halides is 4. The van der Waals surface area contributed by atoms with E-state index in [4.69, 9.17) is 0 Å². The third kappa shape index (κ3) is 6.73. The average Bonchev–Trinajstić information content (AvgIpc) is 2.95. The van der Waals surface area contributed by atoms with E-state index in [1.807, 2.05) is 26.0 Å². The van der Waals surface area contributed by atoms with E-state index in [1.165, 1.54) is 11.1 Å². The molecule has 2 fully saturated rings. The molecule has 1 aliphatic carbocycles. The highest BCUT2D eigenvalue weighted by Gasteiger charge is 2.44. The Morgan fingerprint density at radius 1 is 0.932 bits per heavy atom. The van der Waals surface area contributed by atoms with E-state index in [2.05, 4.69) is 14.6 Å². The number of rotatable bonds is 8. The summed E-state index contributed by atoms with van der Waals surface area (Å²) in [5.74, 6) is -3.25. The van der Waals surface area contributed by atoms with Crippen LogP contribution in [0.5, 0.6) is 11.5 Å². The molecule has 2 saturated heterocycles. The number of imide groups is 1. The van der Waals surface area contributed by atoms with Crippen LogP contribution in [0.1, 0.15) is 57.9 Å². The first-order chi connectivity index (χ1) is 20.8. The fraction of sp³-hybridized carbons (Fsp3) is 0.567. The maximum absolute atomic E-state index is 13.6.